The third-order valence-corrected chi connectivity index (χ3v) is 5.16. The van der Waals surface area contributed by atoms with E-state index < -0.39 is 5.91 Å². The molecule has 0 aliphatic carbocycles. The number of carbonyl (C=O) groups excluding carboxylic acids is 2. The lowest BCUT2D eigenvalue weighted by atomic mass is 10.1. The number of hydrazine groups is 1. The van der Waals surface area contributed by atoms with E-state index in [1.807, 2.05) is 65.2 Å². The summed E-state index contributed by atoms with van der Waals surface area (Å²) in [7, 11) is 0. The van der Waals surface area contributed by atoms with Crippen molar-refractivity contribution >= 4 is 23.6 Å². The van der Waals surface area contributed by atoms with Gasteiger partial charge in [-0.1, -0.05) is 60.3 Å². The van der Waals surface area contributed by atoms with E-state index >= 15 is 0 Å². The average Bonchev–Trinajstić information content (AvgIpc) is 3.47. The summed E-state index contributed by atoms with van der Waals surface area (Å²) in [4.78, 5) is 28.6. The number of rotatable bonds is 6. The smallest absolute Gasteiger partial charge is 0.305 e. The predicted molar refractivity (Wildman–Crippen MR) is 114 cm³/mol. The maximum Gasteiger partial charge on any atom is 0.305 e. The quantitative estimate of drug-likeness (QED) is 0.368. The third-order valence-electron chi connectivity index (χ3n) is 4.21. The van der Waals surface area contributed by atoms with E-state index in [4.69, 9.17) is 4.42 Å². The van der Waals surface area contributed by atoms with Gasteiger partial charge in [0.05, 0.1) is 23.9 Å². The number of hydrogen-bond acceptors (Lipinski definition) is 5. The number of furan rings is 1. The molecule has 8 heteroatoms. The van der Waals surface area contributed by atoms with E-state index in [1.54, 1.807) is 12.3 Å². The van der Waals surface area contributed by atoms with E-state index in [2.05, 4.69) is 15.8 Å². The summed E-state index contributed by atoms with van der Waals surface area (Å²) in [5, 5.41) is 0.674. The number of para-hydroxylation sites is 1. The van der Waals surface area contributed by atoms with Crippen molar-refractivity contribution in [1.29, 1.82) is 0 Å². The fourth-order valence-electron chi connectivity index (χ4n) is 2.84. The summed E-state index contributed by atoms with van der Waals surface area (Å²) < 4.78 is 6.99. The lowest BCUT2D eigenvalue weighted by Gasteiger charge is -2.12. The van der Waals surface area contributed by atoms with Crippen LogP contribution in [0.25, 0.3) is 16.9 Å². The lowest BCUT2D eigenvalue weighted by Crippen LogP contribution is -2.42. The summed E-state index contributed by atoms with van der Waals surface area (Å²) in [5.41, 5.74) is 7.61. The number of amides is 2. The molecule has 0 fully saturated rings. The van der Waals surface area contributed by atoms with Crippen molar-refractivity contribution in [3.8, 4) is 16.9 Å². The number of imidazole rings is 1. The summed E-state index contributed by atoms with van der Waals surface area (Å²) >= 11 is 1.28. The van der Waals surface area contributed by atoms with Gasteiger partial charge in [-0.15, -0.1) is 0 Å². The molecular weight excluding hydrogens is 400 g/mol. The highest BCUT2D eigenvalue weighted by molar-refractivity contribution is 7.99. The van der Waals surface area contributed by atoms with Gasteiger partial charge in [-0.2, -0.15) is 0 Å². The molecule has 4 aromatic rings. The van der Waals surface area contributed by atoms with Gasteiger partial charge in [0, 0.05) is 11.3 Å². The third kappa shape index (κ3) is 4.44. The molecule has 0 aliphatic heterocycles. The number of aromatic nitrogens is 2. The molecule has 150 valence electrons. The fraction of sp³-hybridized carbons (Fsp3) is 0.0455. The molecule has 2 N–H and O–H groups in total. The Morgan fingerprint density at radius 2 is 1.67 bits per heavy atom. The number of nitrogens with zero attached hydrogens (tertiary/aromatic N) is 2. The first-order valence-electron chi connectivity index (χ1n) is 9.16. The molecule has 0 spiro atoms. The first kappa shape index (κ1) is 19.5. The molecule has 4 rings (SSSR count). The molecule has 0 saturated heterocycles. The van der Waals surface area contributed by atoms with Crippen molar-refractivity contribution in [3.05, 3.63) is 91.0 Å². The van der Waals surface area contributed by atoms with Crippen molar-refractivity contribution in [2.45, 2.75) is 5.16 Å². The topological polar surface area (TPSA) is 89.2 Å². The second-order valence-electron chi connectivity index (χ2n) is 6.23. The second-order valence-corrected chi connectivity index (χ2v) is 7.17. The van der Waals surface area contributed by atoms with Crippen LogP contribution >= 0.6 is 11.8 Å². The van der Waals surface area contributed by atoms with Crippen LogP contribution in [-0.2, 0) is 4.79 Å². The minimum Gasteiger partial charge on any atom is -0.459 e. The zero-order valence-corrected chi connectivity index (χ0v) is 16.6. The maximum absolute atomic E-state index is 12.2. The Balaban J connectivity index is 1.48. The molecule has 2 aromatic heterocycles. The highest BCUT2D eigenvalue weighted by atomic mass is 32.2. The molecule has 7 nitrogen and oxygen atoms in total. The Hall–Kier alpha value is -3.78. The van der Waals surface area contributed by atoms with Crippen LogP contribution in [0.3, 0.4) is 0 Å². The van der Waals surface area contributed by atoms with Crippen LogP contribution in [0.2, 0.25) is 0 Å². The van der Waals surface area contributed by atoms with E-state index in [0.717, 1.165) is 16.9 Å². The van der Waals surface area contributed by atoms with E-state index in [0.29, 0.717) is 5.16 Å². The van der Waals surface area contributed by atoms with Gasteiger partial charge in [-0.3, -0.25) is 25.0 Å². The SMILES string of the molecule is O=C(CSc1ncc(-c2ccccc2)n1-c1ccccc1)NNC(=O)c1ccco1. The Labute approximate surface area is 177 Å². The van der Waals surface area contributed by atoms with Gasteiger partial charge < -0.3 is 4.42 Å². The summed E-state index contributed by atoms with van der Waals surface area (Å²) in [5.74, 6) is -0.675. The van der Waals surface area contributed by atoms with Crippen LogP contribution in [0.4, 0.5) is 0 Å². The number of thioether (sulfide) groups is 1. The van der Waals surface area contributed by atoms with E-state index in [1.165, 1.54) is 24.1 Å². The minimum absolute atomic E-state index is 0.0799. The molecule has 0 atom stereocenters. The summed E-state index contributed by atoms with van der Waals surface area (Å²) in [6, 6.07) is 22.9. The Morgan fingerprint density at radius 1 is 0.933 bits per heavy atom. The number of carbonyl (C=O) groups is 2. The monoisotopic (exact) mass is 418 g/mol. The molecular formula is C22H18N4O3S. The highest BCUT2D eigenvalue weighted by Gasteiger charge is 2.16. The van der Waals surface area contributed by atoms with Crippen LogP contribution in [-0.4, -0.2) is 27.1 Å². The predicted octanol–water partition coefficient (Wildman–Crippen LogP) is 3.69. The van der Waals surface area contributed by atoms with E-state index in [9.17, 15) is 9.59 Å². The molecule has 0 radical (unpaired) electrons. The van der Waals surface area contributed by atoms with Crippen molar-refractivity contribution < 1.29 is 14.0 Å². The first-order valence-corrected chi connectivity index (χ1v) is 10.1. The van der Waals surface area contributed by atoms with Crippen molar-refractivity contribution in [1.82, 2.24) is 20.4 Å². The van der Waals surface area contributed by atoms with Crippen LogP contribution in [0.5, 0.6) is 0 Å². The Morgan fingerprint density at radius 3 is 2.37 bits per heavy atom. The van der Waals surface area contributed by atoms with Gasteiger partial charge in [0.25, 0.3) is 0 Å². The molecule has 0 saturated carbocycles. The van der Waals surface area contributed by atoms with Crippen LogP contribution in [0.15, 0.2) is 94.8 Å². The molecule has 2 heterocycles. The van der Waals surface area contributed by atoms with Crippen LogP contribution < -0.4 is 10.9 Å². The molecule has 0 aliphatic rings. The van der Waals surface area contributed by atoms with E-state index in [-0.39, 0.29) is 17.4 Å². The van der Waals surface area contributed by atoms with Crippen LogP contribution in [0.1, 0.15) is 10.6 Å². The van der Waals surface area contributed by atoms with Gasteiger partial charge in [0.1, 0.15) is 0 Å². The standard InChI is InChI=1S/C22H18N4O3S/c27-20(24-25-21(28)19-12-7-13-29-19)15-30-22-23-14-18(16-8-3-1-4-9-16)26(22)17-10-5-2-6-11-17/h1-14H,15H2,(H,24,27)(H,25,28). The largest absolute Gasteiger partial charge is 0.459 e. The molecule has 0 unspecified atom stereocenters. The van der Waals surface area contributed by atoms with Gasteiger partial charge in [-0.05, 0) is 24.3 Å². The van der Waals surface area contributed by atoms with Crippen LogP contribution in [0, 0.1) is 0 Å². The van der Waals surface area contributed by atoms with Gasteiger partial charge >= 0.3 is 5.91 Å². The maximum atomic E-state index is 12.2. The molecule has 2 aromatic carbocycles. The van der Waals surface area contributed by atoms with Gasteiger partial charge in [0.2, 0.25) is 5.91 Å². The first-order chi connectivity index (χ1) is 14.7. The zero-order chi connectivity index (χ0) is 20.8. The summed E-state index contributed by atoms with van der Waals surface area (Å²) in [6.45, 7) is 0. The normalized spacial score (nSPS) is 10.5. The fourth-order valence-corrected chi connectivity index (χ4v) is 3.63. The zero-order valence-electron chi connectivity index (χ0n) is 15.8. The summed E-state index contributed by atoms with van der Waals surface area (Å²) in [6.07, 6.45) is 3.18. The van der Waals surface area contributed by atoms with Crippen molar-refractivity contribution in [2.75, 3.05) is 5.75 Å². The molecule has 2 amide bonds. The average molecular weight is 418 g/mol. The second kappa shape index (κ2) is 9.15. The Kier molecular flexibility index (Phi) is 5.95. The lowest BCUT2D eigenvalue weighted by molar-refractivity contribution is -0.119. The number of benzene rings is 2. The van der Waals surface area contributed by atoms with Gasteiger partial charge in [-0.25, -0.2) is 4.98 Å². The highest BCUT2D eigenvalue weighted by Crippen LogP contribution is 2.29. The van der Waals surface area contributed by atoms with Crippen molar-refractivity contribution in [3.63, 3.8) is 0 Å². The minimum atomic E-state index is -0.518. The molecule has 0 bridgehead atoms. The number of nitrogens with one attached hydrogen (secondary N) is 2. The van der Waals surface area contributed by atoms with Gasteiger partial charge in [0.15, 0.2) is 10.9 Å². The molecule has 30 heavy (non-hydrogen) atoms. The Bertz CT molecular complexity index is 1130. The van der Waals surface area contributed by atoms with Crippen molar-refractivity contribution in [2.24, 2.45) is 0 Å². The number of hydrogen-bond donors (Lipinski definition) is 2.